The molecule has 38 heavy (non-hydrogen) atoms. The fourth-order valence-electron chi connectivity index (χ4n) is 4.28. The van der Waals surface area contributed by atoms with Crippen LogP contribution < -0.4 is 9.47 Å². The summed E-state index contributed by atoms with van der Waals surface area (Å²) in [5, 5.41) is 0.709. The molecular formula is C30H35F3O5. The number of alkyl halides is 3. The molecule has 0 spiro atoms. The molecule has 206 valence electrons. The average molecular weight is 533 g/mol. The van der Waals surface area contributed by atoms with Crippen molar-refractivity contribution in [1.29, 1.82) is 0 Å². The Labute approximate surface area is 221 Å². The van der Waals surface area contributed by atoms with E-state index in [1.54, 1.807) is 57.2 Å². The van der Waals surface area contributed by atoms with Gasteiger partial charge in [0.2, 0.25) is 0 Å². The lowest BCUT2D eigenvalue weighted by molar-refractivity contribution is -0.274. The molecule has 3 aromatic rings. The first-order valence-corrected chi connectivity index (χ1v) is 12.7. The van der Waals surface area contributed by atoms with Crippen LogP contribution in [0.1, 0.15) is 65.9 Å². The van der Waals surface area contributed by atoms with Crippen molar-refractivity contribution in [2.24, 2.45) is 0 Å². The lowest BCUT2D eigenvalue weighted by atomic mass is 10.0. The smallest absolute Gasteiger partial charge is 0.490 e. The van der Waals surface area contributed by atoms with E-state index in [4.69, 9.17) is 13.9 Å². The molecule has 1 unspecified atom stereocenters. The molecule has 0 saturated heterocycles. The molecule has 0 radical (unpaired) electrons. The van der Waals surface area contributed by atoms with E-state index in [1.807, 2.05) is 6.92 Å². The number of carbonyl (C=O) groups excluding carboxylic acids is 1. The molecule has 0 aliphatic heterocycles. The van der Waals surface area contributed by atoms with Crippen LogP contribution in [0.3, 0.4) is 0 Å². The largest absolute Gasteiger partial charge is 0.573 e. The van der Waals surface area contributed by atoms with Crippen molar-refractivity contribution in [1.82, 2.24) is 0 Å². The lowest BCUT2D eigenvalue weighted by Crippen LogP contribution is -2.33. The number of hydrogen-bond donors (Lipinski definition) is 0. The zero-order valence-corrected chi connectivity index (χ0v) is 22.5. The summed E-state index contributed by atoms with van der Waals surface area (Å²) in [6.45, 7) is 12.7. The second-order valence-electron chi connectivity index (χ2n) is 10.2. The first kappa shape index (κ1) is 29.1. The van der Waals surface area contributed by atoms with E-state index in [0.717, 1.165) is 24.8 Å². The summed E-state index contributed by atoms with van der Waals surface area (Å²) in [5.74, 6) is 0.0279. The summed E-state index contributed by atoms with van der Waals surface area (Å²) in [7, 11) is 0. The van der Waals surface area contributed by atoms with E-state index in [0.29, 0.717) is 35.1 Å². The van der Waals surface area contributed by atoms with Crippen molar-refractivity contribution in [3.05, 3.63) is 60.2 Å². The second kappa shape index (κ2) is 12.0. The van der Waals surface area contributed by atoms with Gasteiger partial charge in [-0.2, -0.15) is 0 Å². The van der Waals surface area contributed by atoms with E-state index in [2.05, 4.69) is 18.2 Å². The van der Waals surface area contributed by atoms with Crippen LogP contribution in [0.25, 0.3) is 22.3 Å². The zero-order chi connectivity index (χ0) is 28.1. The molecule has 0 aliphatic carbocycles. The maximum absolute atomic E-state index is 13.2. The highest BCUT2D eigenvalue weighted by Gasteiger charge is 2.33. The Morgan fingerprint density at radius 1 is 1.08 bits per heavy atom. The van der Waals surface area contributed by atoms with Crippen LogP contribution in [0, 0.1) is 0 Å². The molecule has 3 rings (SSSR count). The molecular weight excluding hydrogens is 497 g/mol. The second-order valence-corrected chi connectivity index (χ2v) is 10.2. The summed E-state index contributed by atoms with van der Waals surface area (Å²) in [6, 6.07) is 11.7. The Balaban J connectivity index is 1.81. The standard InChI is InChI=1S/C30H35F3O5/c1-7-8-9-10-21-11-14-24(27(15-21)37-30(31,32)33)26-16-22-12-13-23(17-25(22)36-26)35-20(4)18-29(5,6)38-28(34)19(2)3/h11-17,20H,2,7-10,18H2,1,3-6H3. The molecule has 1 heterocycles. The minimum absolute atomic E-state index is 0.217. The molecule has 0 saturated carbocycles. The van der Waals surface area contributed by atoms with Gasteiger partial charge in [0, 0.05) is 23.4 Å². The van der Waals surface area contributed by atoms with Gasteiger partial charge in [0.15, 0.2) is 0 Å². The van der Waals surface area contributed by atoms with Gasteiger partial charge in [0.05, 0.1) is 11.7 Å². The van der Waals surface area contributed by atoms with Gasteiger partial charge in [-0.15, -0.1) is 13.2 Å². The third kappa shape index (κ3) is 8.30. The van der Waals surface area contributed by atoms with Gasteiger partial charge in [-0.3, -0.25) is 0 Å². The molecule has 1 aromatic heterocycles. The Hall–Kier alpha value is -3.42. The van der Waals surface area contributed by atoms with Gasteiger partial charge in [-0.1, -0.05) is 32.4 Å². The van der Waals surface area contributed by atoms with Gasteiger partial charge in [-0.25, -0.2) is 4.79 Å². The van der Waals surface area contributed by atoms with Crippen molar-refractivity contribution >= 4 is 16.9 Å². The van der Waals surface area contributed by atoms with E-state index in [1.165, 1.54) is 6.07 Å². The summed E-state index contributed by atoms with van der Waals surface area (Å²) in [6.07, 6.45) is -1.12. The van der Waals surface area contributed by atoms with Gasteiger partial charge in [0.25, 0.3) is 0 Å². The molecule has 1 atom stereocenters. The Kier molecular flexibility index (Phi) is 9.18. The summed E-state index contributed by atoms with van der Waals surface area (Å²) >= 11 is 0. The highest BCUT2D eigenvalue weighted by Crippen LogP contribution is 2.38. The van der Waals surface area contributed by atoms with Crippen molar-refractivity contribution < 1.29 is 36.6 Å². The third-order valence-electron chi connectivity index (χ3n) is 5.93. The Bertz CT molecular complexity index is 1270. The molecule has 0 amide bonds. The Morgan fingerprint density at radius 2 is 1.82 bits per heavy atom. The average Bonchev–Trinajstić information content (AvgIpc) is 3.20. The van der Waals surface area contributed by atoms with Crippen molar-refractivity contribution in [2.75, 3.05) is 0 Å². The predicted molar refractivity (Wildman–Crippen MR) is 141 cm³/mol. The number of hydrogen-bond acceptors (Lipinski definition) is 5. The molecule has 2 aromatic carbocycles. The highest BCUT2D eigenvalue weighted by atomic mass is 19.4. The number of fused-ring (bicyclic) bond motifs is 1. The first-order chi connectivity index (χ1) is 17.8. The van der Waals surface area contributed by atoms with Gasteiger partial charge < -0.3 is 18.6 Å². The van der Waals surface area contributed by atoms with Gasteiger partial charge >= 0.3 is 12.3 Å². The third-order valence-corrected chi connectivity index (χ3v) is 5.93. The van der Waals surface area contributed by atoms with Crippen molar-refractivity contribution in [2.45, 2.75) is 84.8 Å². The van der Waals surface area contributed by atoms with Crippen LogP contribution in [0.15, 0.2) is 59.0 Å². The van der Waals surface area contributed by atoms with Crippen LogP contribution in [-0.2, 0) is 16.0 Å². The normalized spacial score (nSPS) is 12.8. The monoisotopic (exact) mass is 532 g/mol. The maximum atomic E-state index is 13.2. The number of esters is 1. The van der Waals surface area contributed by atoms with Crippen LogP contribution in [0.4, 0.5) is 13.2 Å². The molecule has 0 bridgehead atoms. The van der Waals surface area contributed by atoms with Crippen LogP contribution >= 0.6 is 0 Å². The minimum atomic E-state index is -4.83. The predicted octanol–water partition coefficient (Wildman–Crippen LogP) is 8.79. The van der Waals surface area contributed by atoms with Gasteiger partial charge in [-0.05, 0) is 76.4 Å². The number of aryl methyl sites for hydroxylation is 1. The fraction of sp³-hybridized carbons (Fsp3) is 0.433. The molecule has 0 N–H and O–H groups in total. The zero-order valence-electron chi connectivity index (χ0n) is 22.5. The molecule has 0 aliphatic rings. The van der Waals surface area contributed by atoms with E-state index in [-0.39, 0.29) is 23.2 Å². The van der Waals surface area contributed by atoms with E-state index in [9.17, 15) is 18.0 Å². The summed E-state index contributed by atoms with van der Waals surface area (Å²) in [4.78, 5) is 11.9. The fourth-order valence-corrected chi connectivity index (χ4v) is 4.28. The number of furan rings is 1. The van der Waals surface area contributed by atoms with Crippen molar-refractivity contribution in [3.63, 3.8) is 0 Å². The lowest BCUT2D eigenvalue weighted by Gasteiger charge is -2.28. The Morgan fingerprint density at radius 3 is 2.47 bits per heavy atom. The van der Waals surface area contributed by atoms with E-state index < -0.39 is 17.9 Å². The molecule has 0 fully saturated rings. The first-order valence-electron chi connectivity index (χ1n) is 12.7. The van der Waals surface area contributed by atoms with E-state index >= 15 is 0 Å². The number of benzene rings is 2. The minimum Gasteiger partial charge on any atom is -0.490 e. The van der Waals surface area contributed by atoms with Crippen LogP contribution in [0.5, 0.6) is 11.5 Å². The number of halogens is 3. The van der Waals surface area contributed by atoms with Gasteiger partial charge in [0.1, 0.15) is 28.4 Å². The molecule has 5 nitrogen and oxygen atoms in total. The highest BCUT2D eigenvalue weighted by molar-refractivity contribution is 5.87. The summed E-state index contributed by atoms with van der Waals surface area (Å²) in [5.41, 5.74) is 1.01. The van der Waals surface area contributed by atoms with Crippen LogP contribution in [-0.4, -0.2) is 24.0 Å². The SMILES string of the molecule is C=C(C)C(=O)OC(C)(C)CC(C)Oc1ccc2cc(-c3ccc(CCCCC)cc3OC(F)(F)F)oc2c1. The van der Waals surface area contributed by atoms with Crippen molar-refractivity contribution in [3.8, 4) is 22.8 Å². The number of carbonyl (C=O) groups is 1. The topological polar surface area (TPSA) is 57.9 Å². The van der Waals surface area contributed by atoms with Crippen LogP contribution in [0.2, 0.25) is 0 Å². The molecule has 8 heteroatoms. The number of ether oxygens (including phenoxy) is 3. The quantitative estimate of drug-likeness (QED) is 0.133. The number of unbranched alkanes of at least 4 members (excludes halogenated alkanes) is 2. The maximum Gasteiger partial charge on any atom is 0.573 e. The summed E-state index contributed by atoms with van der Waals surface area (Å²) < 4.78 is 61.4. The number of rotatable bonds is 12.